The highest BCUT2D eigenvalue weighted by atomic mass is 16.5. The third kappa shape index (κ3) is 7.58. The molecular formula is C25H36O2. The number of benzene rings is 1. The fourth-order valence-electron chi connectivity index (χ4n) is 2.58. The summed E-state index contributed by atoms with van der Waals surface area (Å²) in [6, 6.07) is 6.91. The van der Waals surface area contributed by atoms with Crippen LogP contribution in [0.2, 0.25) is 0 Å². The standard InChI is InChI=1S/C25H36O2/c1-10-27-23(26)14-18(2)12-11-13-19(3)20-15-21(24(4,5)6)17-22(16-20)25(7,8)9/h11-17H,10H2,1-9H3. The van der Waals surface area contributed by atoms with Crippen molar-refractivity contribution in [2.24, 2.45) is 0 Å². The highest BCUT2D eigenvalue weighted by Crippen LogP contribution is 2.32. The number of allylic oxidation sites excluding steroid dienone is 5. The van der Waals surface area contributed by atoms with Crippen molar-refractivity contribution in [2.75, 3.05) is 6.61 Å². The Bertz CT molecular complexity index is 715. The van der Waals surface area contributed by atoms with Crippen molar-refractivity contribution in [3.05, 3.63) is 64.8 Å². The quantitative estimate of drug-likeness (QED) is 0.326. The lowest BCUT2D eigenvalue weighted by atomic mass is 9.79. The maximum Gasteiger partial charge on any atom is 0.330 e. The van der Waals surface area contributed by atoms with E-state index in [4.69, 9.17) is 4.74 Å². The van der Waals surface area contributed by atoms with Crippen LogP contribution in [0.3, 0.4) is 0 Å². The van der Waals surface area contributed by atoms with Gasteiger partial charge in [0.05, 0.1) is 6.61 Å². The molecule has 0 spiro atoms. The zero-order valence-corrected chi connectivity index (χ0v) is 18.6. The topological polar surface area (TPSA) is 26.3 Å². The summed E-state index contributed by atoms with van der Waals surface area (Å²) in [6.07, 6.45) is 7.53. The summed E-state index contributed by atoms with van der Waals surface area (Å²) in [5.41, 5.74) is 6.21. The first-order valence-corrected chi connectivity index (χ1v) is 9.71. The summed E-state index contributed by atoms with van der Waals surface area (Å²) in [5.74, 6) is -0.298. The van der Waals surface area contributed by atoms with E-state index in [1.807, 2.05) is 19.1 Å². The fourth-order valence-corrected chi connectivity index (χ4v) is 2.58. The molecule has 0 aliphatic rings. The van der Waals surface area contributed by atoms with Crippen LogP contribution in [0.5, 0.6) is 0 Å². The average molecular weight is 369 g/mol. The van der Waals surface area contributed by atoms with Crippen molar-refractivity contribution in [2.45, 2.75) is 73.1 Å². The predicted octanol–water partition coefficient (Wildman–Crippen LogP) is 6.75. The van der Waals surface area contributed by atoms with E-state index in [2.05, 4.69) is 72.7 Å². The Morgan fingerprint density at radius 1 is 0.963 bits per heavy atom. The Kier molecular flexibility index (Phi) is 7.83. The van der Waals surface area contributed by atoms with Crippen molar-refractivity contribution in [3.63, 3.8) is 0 Å². The molecule has 2 nitrogen and oxygen atoms in total. The number of esters is 1. The molecule has 0 saturated carbocycles. The fraction of sp³-hybridized carbons (Fsp3) is 0.480. The molecule has 0 unspecified atom stereocenters. The lowest BCUT2D eigenvalue weighted by molar-refractivity contribution is -0.137. The van der Waals surface area contributed by atoms with Crippen molar-refractivity contribution in [1.29, 1.82) is 0 Å². The molecule has 0 amide bonds. The molecule has 0 heterocycles. The number of hydrogen-bond acceptors (Lipinski definition) is 2. The van der Waals surface area contributed by atoms with Gasteiger partial charge in [0.25, 0.3) is 0 Å². The van der Waals surface area contributed by atoms with Gasteiger partial charge in [-0.25, -0.2) is 4.79 Å². The minimum atomic E-state index is -0.298. The van der Waals surface area contributed by atoms with E-state index in [1.54, 1.807) is 6.92 Å². The highest BCUT2D eigenvalue weighted by molar-refractivity contribution is 5.83. The van der Waals surface area contributed by atoms with E-state index in [0.717, 1.165) is 5.57 Å². The lowest BCUT2D eigenvalue weighted by Crippen LogP contribution is -2.16. The normalized spacial score (nSPS) is 14.0. The Morgan fingerprint density at radius 2 is 1.48 bits per heavy atom. The maximum absolute atomic E-state index is 11.5. The van der Waals surface area contributed by atoms with Crippen LogP contribution in [-0.4, -0.2) is 12.6 Å². The highest BCUT2D eigenvalue weighted by Gasteiger charge is 2.20. The van der Waals surface area contributed by atoms with Crippen molar-refractivity contribution in [1.82, 2.24) is 0 Å². The first kappa shape index (κ1) is 23.0. The molecule has 27 heavy (non-hydrogen) atoms. The van der Waals surface area contributed by atoms with Gasteiger partial charge < -0.3 is 4.74 Å². The zero-order chi connectivity index (χ0) is 20.8. The third-order valence-corrected chi connectivity index (χ3v) is 4.46. The maximum atomic E-state index is 11.5. The van der Waals surface area contributed by atoms with Crippen LogP contribution in [0.1, 0.15) is 79.0 Å². The van der Waals surface area contributed by atoms with Crippen molar-refractivity contribution in [3.8, 4) is 0 Å². The first-order valence-electron chi connectivity index (χ1n) is 9.71. The molecule has 0 aliphatic carbocycles. The van der Waals surface area contributed by atoms with E-state index in [-0.39, 0.29) is 16.8 Å². The lowest BCUT2D eigenvalue weighted by Gasteiger charge is -2.26. The molecule has 148 valence electrons. The summed E-state index contributed by atoms with van der Waals surface area (Å²) >= 11 is 0. The van der Waals surface area contributed by atoms with Crippen LogP contribution in [0.15, 0.2) is 48.1 Å². The van der Waals surface area contributed by atoms with Gasteiger partial charge >= 0.3 is 5.97 Å². The molecule has 1 aromatic carbocycles. The molecular weight excluding hydrogens is 332 g/mol. The number of carbonyl (C=O) groups is 1. The smallest absolute Gasteiger partial charge is 0.330 e. The molecule has 0 fully saturated rings. The van der Waals surface area contributed by atoms with Gasteiger partial charge in [0.15, 0.2) is 0 Å². The Balaban J connectivity index is 3.18. The minimum Gasteiger partial charge on any atom is -0.463 e. The number of rotatable bonds is 5. The molecule has 1 aromatic rings. The molecule has 1 rings (SSSR count). The zero-order valence-electron chi connectivity index (χ0n) is 18.6. The van der Waals surface area contributed by atoms with E-state index < -0.39 is 0 Å². The van der Waals surface area contributed by atoms with Gasteiger partial charge in [-0.1, -0.05) is 78.0 Å². The van der Waals surface area contributed by atoms with Crippen LogP contribution in [0.25, 0.3) is 5.57 Å². The van der Waals surface area contributed by atoms with Crippen molar-refractivity contribution < 1.29 is 9.53 Å². The predicted molar refractivity (Wildman–Crippen MR) is 117 cm³/mol. The molecule has 0 radical (unpaired) electrons. The third-order valence-electron chi connectivity index (χ3n) is 4.46. The minimum absolute atomic E-state index is 0.102. The largest absolute Gasteiger partial charge is 0.463 e. The monoisotopic (exact) mass is 368 g/mol. The molecule has 0 bridgehead atoms. The van der Waals surface area contributed by atoms with Crippen molar-refractivity contribution >= 4 is 11.5 Å². The summed E-state index contributed by atoms with van der Waals surface area (Å²) in [5, 5.41) is 0. The second kappa shape index (κ2) is 9.21. The summed E-state index contributed by atoms with van der Waals surface area (Å²) in [4.78, 5) is 11.5. The van der Waals surface area contributed by atoms with Crippen LogP contribution in [-0.2, 0) is 20.4 Å². The van der Waals surface area contributed by atoms with Gasteiger partial charge in [0.1, 0.15) is 0 Å². The summed E-state index contributed by atoms with van der Waals surface area (Å²) in [6.45, 7) is 19.7. The molecule has 0 aliphatic heterocycles. The van der Waals surface area contributed by atoms with Gasteiger partial charge in [-0.15, -0.1) is 0 Å². The number of ether oxygens (including phenoxy) is 1. The Hall–Kier alpha value is -2.09. The SMILES string of the molecule is CCOC(=O)C=C(C)C=CC=C(C)c1cc(C(C)(C)C)cc(C(C)(C)C)c1. The second-order valence-corrected chi connectivity index (χ2v) is 9.15. The van der Waals surface area contributed by atoms with Gasteiger partial charge in [-0.05, 0) is 59.4 Å². The van der Waals surface area contributed by atoms with Gasteiger partial charge in [-0.2, -0.15) is 0 Å². The number of hydrogen-bond donors (Lipinski definition) is 0. The molecule has 0 N–H and O–H groups in total. The molecule has 2 heteroatoms. The Morgan fingerprint density at radius 3 is 1.93 bits per heavy atom. The summed E-state index contributed by atoms with van der Waals surface area (Å²) < 4.78 is 4.93. The molecule has 0 aromatic heterocycles. The van der Waals surface area contributed by atoms with E-state index in [1.165, 1.54) is 28.3 Å². The molecule has 0 atom stereocenters. The van der Waals surface area contributed by atoms with Crippen LogP contribution < -0.4 is 0 Å². The van der Waals surface area contributed by atoms with Gasteiger partial charge in [0, 0.05) is 6.08 Å². The molecule has 0 saturated heterocycles. The summed E-state index contributed by atoms with van der Waals surface area (Å²) in [7, 11) is 0. The van der Waals surface area contributed by atoms with E-state index in [0.29, 0.717) is 6.61 Å². The van der Waals surface area contributed by atoms with Crippen LogP contribution >= 0.6 is 0 Å². The second-order valence-electron chi connectivity index (χ2n) is 9.15. The van der Waals surface area contributed by atoms with Gasteiger partial charge in [-0.3, -0.25) is 0 Å². The van der Waals surface area contributed by atoms with E-state index >= 15 is 0 Å². The Labute approximate surface area is 166 Å². The van der Waals surface area contributed by atoms with Gasteiger partial charge in [0.2, 0.25) is 0 Å². The number of carbonyl (C=O) groups excluding carboxylic acids is 1. The van der Waals surface area contributed by atoms with Crippen LogP contribution in [0.4, 0.5) is 0 Å². The van der Waals surface area contributed by atoms with E-state index in [9.17, 15) is 4.79 Å². The average Bonchev–Trinajstić information content (AvgIpc) is 2.52. The van der Waals surface area contributed by atoms with Crippen LogP contribution in [0, 0.1) is 0 Å². The first-order chi connectivity index (χ1) is 12.3.